The Bertz CT molecular complexity index is 1220. The van der Waals surface area contributed by atoms with Gasteiger partial charge in [0.2, 0.25) is 17.8 Å². The summed E-state index contributed by atoms with van der Waals surface area (Å²) in [5, 5.41) is 8.94. The zero-order chi connectivity index (χ0) is 30.3. The van der Waals surface area contributed by atoms with Crippen LogP contribution in [-0.4, -0.2) is 85.3 Å². The van der Waals surface area contributed by atoms with Crippen LogP contribution in [0.5, 0.6) is 5.75 Å². The Kier molecular flexibility index (Phi) is 13.4. The first-order valence-electron chi connectivity index (χ1n) is 13.0. The Labute approximate surface area is 238 Å². The summed E-state index contributed by atoms with van der Waals surface area (Å²) < 4.78 is 41.0. The molecule has 0 aliphatic rings. The second-order valence-electron chi connectivity index (χ2n) is 9.19. The zero-order valence-corrected chi connectivity index (χ0v) is 23.6. The number of carbonyl (C=O) groups excluding carboxylic acids is 2. The number of hydrogen-bond acceptors (Lipinski definition) is 8. The number of rotatable bonds is 14. The van der Waals surface area contributed by atoms with E-state index in [0.29, 0.717) is 49.5 Å². The molecule has 0 saturated carbocycles. The number of amides is 2. The lowest BCUT2D eigenvalue weighted by Gasteiger charge is -2.14. The summed E-state index contributed by atoms with van der Waals surface area (Å²) in [5.74, 6) is 6.05. The molecule has 0 unspecified atom stereocenters. The highest BCUT2D eigenvalue weighted by molar-refractivity contribution is 5.91. The van der Waals surface area contributed by atoms with Crippen LogP contribution in [0, 0.1) is 11.8 Å². The number of anilines is 3. The van der Waals surface area contributed by atoms with E-state index in [-0.39, 0.29) is 30.1 Å². The maximum absolute atomic E-state index is 12.4. The Balaban J connectivity index is 1.87. The van der Waals surface area contributed by atoms with Crippen molar-refractivity contribution in [3.05, 3.63) is 48.2 Å². The molecule has 3 N–H and O–H groups in total. The fourth-order valence-corrected chi connectivity index (χ4v) is 3.18. The average molecular weight is 576 g/mol. The fraction of sp³-hybridized carbons (Fsp3) is 0.429. The number of ether oxygens (including phenoxy) is 1. The lowest BCUT2D eigenvalue weighted by atomic mass is 10.2. The van der Waals surface area contributed by atoms with Gasteiger partial charge in [-0.15, -0.1) is 13.2 Å². The predicted molar refractivity (Wildman–Crippen MR) is 152 cm³/mol. The largest absolute Gasteiger partial charge is 0.573 e. The van der Waals surface area contributed by atoms with E-state index in [4.69, 9.17) is 0 Å². The number of halogens is 3. The molecular weight excluding hydrogens is 539 g/mol. The number of hydrogen-bond donors (Lipinski definition) is 3. The van der Waals surface area contributed by atoms with Crippen molar-refractivity contribution in [3.8, 4) is 17.6 Å². The lowest BCUT2D eigenvalue weighted by Crippen LogP contribution is -2.38. The summed E-state index contributed by atoms with van der Waals surface area (Å²) in [6, 6.07) is 5.24. The van der Waals surface area contributed by atoms with E-state index in [2.05, 4.69) is 42.5 Å². The number of carbonyl (C=O) groups is 2. The Morgan fingerprint density at radius 3 is 2.51 bits per heavy atom. The van der Waals surface area contributed by atoms with Gasteiger partial charge in [0.15, 0.2) is 0 Å². The van der Waals surface area contributed by atoms with E-state index >= 15 is 0 Å². The molecule has 0 radical (unpaired) electrons. The Morgan fingerprint density at radius 1 is 1.12 bits per heavy atom. The van der Waals surface area contributed by atoms with Gasteiger partial charge >= 0.3 is 6.36 Å². The van der Waals surface area contributed by atoms with Crippen LogP contribution in [0.2, 0.25) is 0 Å². The number of alkyl halides is 3. The average Bonchev–Trinajstić information content (AvgIpc) is 2.90. The molecule has 13 heteroatoms. The highest BCUT2D eigenvalue weighted by atomic mass is 19.4. The molecule has 1 aromatic carbocycles. The summed E-state index contributed by atoms with van der Waals surface area (Å²) >= 11 is 0. The number of nitrogens with zero attached hydrogens (tertiary/aromatic N) is 4. The second-order valence-corrected chi connectivity index (χ2v) is 9.19. The standard InChI is InChI=1S/C28H36F3N7O3/c1-5-16-33-26-21(19-34-27(36-26)35-22-12-14-23(15-13-22)41-28(29,30)31)10-7-6-8-17-32-24(39)20-38(4)25(40)11-9-18-37(2)3/h9,11-15,19H,5-6,8,16-18,20H2,1-4H3,(H,32,39)(H2,33,34,35,36)/b11-9+. The number of benzene rings is 1. The summed E-state index contributed by atoms with van der Waals surface area (Å²) in [7, 11) is 5.37. The Morgan fingerprint density at radius 2 is 1.85 bits per heavy atom. The van der Waals surface area contributed by atoms with Gasteiger partial charge in [-0.2, -0.15) is 4.98 Å². The number of likely N-dealkylation sites (N-methyl/N-ethyl adjacent to an activating group) is 2. The van der Waals surface area contributed by atoms with Crippen molar-refractivity contribution < 1.29 is 27.5 Å². The first kappa shape index (κ1) is 32.9. The third kappa shape index (κ3) is 13.5. The van der Waals surface area contributed by atoms with Crippen LogP contribution in [0.1, 0.15) is 31.7 Å². The van der Waals surface area contributed by atoms with Gasteiger partial charge in [0.25, 0.3) is 0 Å². The summed E-state index contributed by atoms with van der Waals surface area (Å²) in [6.45, 7) is 3.68. The first-order valence-corrected chi connectivity index (χ1v) is 13.0. The van der Waals surface area contributed by atoms with Crippen LogP contribution in [-0.2, 0) is 9.59 Å². The first-order chi connectivity index (χ1) is 19.5. The van der Waals surface area contributed by atoms with Crippen LogP contribution in [0.25, 0.3) is 0 Å². The molecule has 222 valence electrons. The van der Waals surface area contributed by atoms with Crippen LogP contribution in [0.3, 0.4) is 0 Å². The highest BCUT2D eigenvalue weighted by Crippen LogP contribution is 2.25. The van der Waals surface area contributed by atoms with Crippen molar-refractivity contribution in [1.82, 2.24) is 25.1 Å². The molecule has 2 aromatic rings. The minimum Gasteiger partial charge on any atom is -0.406 e. The molecule has 41 heavy (non-hydrogen) atoms. The van der Waals surface area contributed by atoms with Gasteiger partial charge in [-0.1, -0.05) is 24.8 Å². The minimum absolute atomic E-state index is 0.0352. The van der Waals surface area contributed by atoms with Gasteiger partial charge in [0, 0.05) is 44.9 Å². The zero-order valence-electron chi connectivity index (χ0n) is 23.6. The lowest BCUT2D eigenvalue weighted by molar-refractivity contribution is -0.274. The van der Waals surface area contributed by atoms with E-state index in [9.17, 15) is 22.8 Å². The topological polar surface area (TPSA) is 112 Å². The Hall–Kier alpha value is -4.31. The quantitative estimate of drug-likeness (QED) is 0.177. The number of unbranched alkanes of at least 4 members (excludes halogenated alkanes) is 1. The second kappa shape index (κ2) is 16.7. The van der Waals surface area contributed by atoms with E-state index in [1.54, 1.807) is 19.3 Å². The van der Waals surface area contributed by atoms with Crippen molar-refractivity contribution in [2.24, 2.45) is 0 Å². The molecule has 0 aliphatic heterocycles. The molecule has 2 amide bonds. The van der Waals surface area contributed by atoms with Crippen molar-refractivity contribution >= 4 is 29.3 Å². The SMILES string of the molecule is CCCNc1nc(Nc2ccc(OC(F)(F)F)cc2)ncc1C#CCCCNC(=O)CN(C)C(=O)/C=C/CN(C)C. The molecule has 0 atom stereocenters. The maximum Gasteiger partial charge on any atom is 0.573 e. The van der Waals surface area contributed by atoms with Crippen LogP contribution in [0.4, 0.5) is 30.6 Å². The van der Waals surface area contributed by atoms with Gasteiger partial charge in [-0.3, -0.25) is 9.59 Å². The van der Waals surface area contributed by atoms with Crippen LogP contribution < -0.4 is 20.7 Å². The third-order valence-electron chi connectivity index (χ3n) is 5.19. The molecule has 0 fully saturated rings. The molecule has 10 nitrogen and oxygen atoms in total. The molecule has 0 bridgehead atoms. The van der Waals surface area contributed by atoms with Crippen LogP contribution in [0.15, 0.2) is 42.6 Å². The van der Waals surface area contributed by atoms with Crippen molar-refractivity contribution in [1.29, 1.82) is 0 Å². The van der Waals surface area contributed by atoms with Gasteiger partial charge in [-0.25, -0.2) is 4.98 Å². The van der Waals surface area contributed by atoms with E-state index in [1.165, 1.54) is 35.2 Å². The van der Waals surface area contributed by atoms with Crippen molar-refractivity contribution in [2.45, 2.75) is 32.5 Å². The summed E-state index contributed by atoms with van der Waals surface area (Å²) in [6.07, 6.45) is 1.98. The van der Waals surface area contributed by atoms with Crippen molar-refractivity contribution in [2.75, 3.05) is 58.0 Å². The minimum atomic E-state index is -4.76. The van der Waals surface area contributed by atoms with Gasteiger partial charge < -0.3 is 30.5 Å². The van der Waals surface area contributed by atoms with Crippen molar-refractivity contribution in [3.63, 3.8) is 0 Å². The monoisotopic (exact) mass is 575 g/mol. The predicted octanol–water partition coefficient (Wildman–Crippen LogP) is 3.76. The number of nitrogens with one attached hydrogen (secondary N) is 3. The van der Waals surface area contributed by atoms with E-state index in [1.807, 2.05) is 25.9 Å². The fourth-order valence-electron chi connectivity index (χ4n) is 3.18. The third-order valence-corrected chi connectivity index (χ3v) is 5.19. The van der Waals surface area contributed by atoms with E-state index < -0.39 is 6.36 Å². The summed E-state index contributed by atoms with van der Waals surface area (Å²) in [4.78, 5) is 36.1. The van der Waals surface area contributed by atoms with Gasteiger partial charge in [0.1, 0.15) is 11.6 Å². The molecule has 1 heterocycles. The highest BCUT2D eigenvalue weighted by Gasteiger charge is 2.30. The number of aromatic nitrogens is 2. The van der Waals surface area contributed by atoms with E-state index in [0.717, 1.165) is 6.42 Å². The molecule has 1 aromatic heterocycles. The smallest absolute Gasteiger partial charge is 0.406 e. The molecule has 0 saturated heterocycles. The molecular formula is C28H36F3N7O3. The van der Waals surface area contributed by atoms with Gasteiger partial charge in [-0.05, 0) is 51.2 Å². The van der Waals surface area contributed by atoms with Crippen LogP contribution >= 0.6 is 0 Å². The molecule has 2 rings (SSSR count). The maximum atomic E-state index is 12.4. The molecule has 0 spiro atoms. The molecule has 0 aliphatic carbocycles. The normalized spacial score (nSPS) is 11.1. The summed E-state index contributed by atoms with van der Waals surface area (Å²) in [5.41, 5.74) is 1.07. The van der Waals surface area contributed by atoms with Gasteiger partial charge in [0.05, 0.1) is 18.3 Å².